The maximum absolute atomic E-state index is 2.19. The molecule has 0 radical (unpaired) electrons. The molecule has 1 saturated heterocycles. The smallest absolute Gasteiger partial charge is 0.0824 e. The first kappa shape index (κ1) is 6.04. The topological polar surface area (TPSA) is 0 Å². The molecule has 0 nitrogen and oxygen atoms in total. The Hall–Kier alpha value is 1.91. The highest BCUT2D eigenvalue weighted by Gasteiger charge is 2.16. The third-order valence-electron chi connectivity index (χ3n) is 0.373. The first-order chi connectivity index (χ1) is 2.93. The van der Waals surface area contributed by atoms with E-state index in [4.69, 9.17) is 0 Å². The first-order valence-electron chi connectivity index (χ1n) is 1.36. The summed E-state index contributed by atoms with van der Waals surface area (Å²) in [5.74, 6) is 0. The van der Waals surface area contributed by atoms with Crippen molar-refractivity contribution < 1.29 is 0 Å². The summed E-state index contributed by atoms with van der Waals surface area (Å²) in [6.07, 6.45) is 2.19. The van der Waals surface area contributed by atoms with Crippen LogP contribution in [0.2, 0.25) is 0 Å². The van der Waals surface area contributed by atoms with Crippen molar-refractivity contribution in [1.82, 2.24) is 0 Å². The Bertz CT molecular complexity index is 41.3. The van der Waals surface area contributed by atoms with E-state index in [0.29, 0.717) is 5.53 Å². The SMILES string of the molecule is CSP1SPS1. The predicted octanol–water partition coefficient (Wildman–Crippen LogP) is 3.56. The van der Waals surface area contributed by atoms with Crippen LogP contribution in [0.1, 0.15) is 0 Å². The second-order valence-electron chi connectivity index (χ2n) is 0.672. The van der Waals surface area contributed by atoms with Gasteiger partial charge in [-0.05, 0) is 6.26 Å². The molecule has 0 aromatic rings. The van der Waals surface area contributed by atoms with Gasteiger partial charge >= 0.3 is 0 Å². The van der Waals surface area contributed by atoms with E-state index in [-0.39, 0.29) is 0 Å². The van der Waals surface area contributed by atoms with Crippen molar-refractivity contribution in [2.45, 2.75) is 0 Å². The number of rotatable bonds is 1. The van der Waals surface area contributed by atoms with Gasteiger partial charge in [0.05, 0.1) is 5.53 Å². The lowest BCUT2D eigenvalue weighted by molar-refractivity contribution is 2.54. The molecule has 0 aliphatic carbocycles. The van der Waals surface area contributed by atoms with Gasteiger partial charge in [0.1, 0.15) is 0 Å². The van der Waals surface area contributed by atoms with Crippen LogP contribution in [0.3, 0.4) is 0 Å². The molecule has 1 aliphatic heterocycles. The van der Waals surface area contributed by atoms with Gasteiger partial charge in [-0.2, -0.15) is 0 Å². The van der Waals surface area contributed by atoms with E-state index in [2.05, 4.69) is 28.3 Å². The molecule has 6 heavy (non-hydrogen) atoms. The normalized spacial score (nSPS) is 36.5. The summed E-state index contributed by atoms with van der Waals surface area (Å²) in [6.45, 7) is 1.15. The highest BCUT2D eigenvalue weighted by atomic mass is 33.7. The summed E-state index contributed by atoms with van der Waals surface area (Å²) >= 11 is 6.26. The molecule has 0 N–H and O–H groups in total. The van der Waals surface area contributed by atoms with E-state index in [0.717, 1.165) is 6.98 Å². The van der Waals surface area contributed by atoms with Gasteiger partial charge in [0.2, 0.25) is 0 Å². The molecule has 36 valence electrons. The van der Waals surface area contributed by atoms with Crippen LogP contribution < -0.4 is 0 Å². The molecule has 0 unspecified atom stereocenters. The van der Waals surface area contributed by atoms with E-state index in [1.54, 1.807) is 0 Å². The standard InChI is InChI=1S/CH4P2S3/c1-4-3-5-2-6-3/h2H,1H3. The van der Waals surface area contributed by atoms with Gasteiger partial charge in [0, 0.05) is 6.98 Å². The third-order valence-corrected chi connectivity index (χ3v) is 22.1. The molecule has 1 aliphatic rings. The zero-order chi connectivity index (χ0) is 4.41. The van der Waals surface area contributed by atoms with Crippen LogP contribution in [0, 0.1) is 0 Å². The monoisotopic (exact) mass is 174 g/mol. The van der Waals surface area contributed by atoms with Gasteiger partial charge in [0.15, 0.2) is 0 Å². The highest BCUT2D eigenvalue weighted by molar-refractivity contribution is 9.43. The molecule has 0 aromatic carbocycles. The van der Waals surface area contributed by atoms with E-state index in [1.165, 1.54) is 0 Å². The second kappa shape index (κ2) is 3.04. The summed E-state index contributed by atoms with van der Waals surface area (Å²) < 4.78 is 0. The van der Waals surface area contributed by atoms with Crippen LogP contribution in [0.5, 0.6) is 0 Å². The average molecular weight is 174 g/mol. The van der Waals surface area contributed by atoms with Crippen LogP contribution >= 0.6 is 45.9 Å². The lowest BCUT2D eigenvalue weighted by atomic mass is 12.0. The summed E-state index contributed by atoms with van der Waals surface area (Å²) in [6, 6.07) is 0. The lowest BCUT2D eigenvalue weighted by Crippen LogP contribution is -1.47. The van der Waals surface area contributed by atoms with Crippen molar-refractivity contribution in [3.63, 3.8) is 0 Å². The Morgan fingerprint density at radius 3 is 2.33 bits per heavy atom. The Morgan fingerprint density at radius 1 is 1.67 bits per heavy atom. The summed E-state index contributed by atoms with van der Waals surface area (Å²) in [5, 5.41) is 0. The van der Waals surface area contributed by atoms with E-state index in [1.807, 2.05) is 11.4 Å². The van der Waals surface area contributed by atoms with Gasteiger partial charge in [-0.3, -0.25) is 0 Å². The zero-order valence-corrected chi connectivity index (χ0v) is 7.52. The third kappa shape index (κ3) is 1.45. The summed E-state index contributed by atoms with van der Waals surface area (Å²) in [5.41, 5.74) is 0.367. The van der Waals surface area contributed by atoms with Gasteiger partial charge < -0.3 is 0 Å². The molecular weight excluding hydrogens is 170 g/mol. The predicted molar refractivity (Wildman–Crippen MR) is 43.9 cm³/mol. The Morgan fingerprint density at radius 2 is 2.33 bits per heavy atom. The first-order valence-corrected chi connectivity index (χ1v) is 9.83. The fraction of sp³-hybridized carbons (Fsp3) is 1.00. The van der Waals surface area contributed by atoms with Crippen LogP contribution in [0.25, 0.3) is 0 Å². The zero-order valence-electron chi connectivity index (χ0n) is 3.17. The van der Waals surface area contributed by atoms with Crippen molar-refractivity contribution in [2.75, 3.05) is 6.26 Å². The van der Waals surface area contributed by atoms with Crippen LogP contribution in [-0.2, 0) is 0 Å². The number of hydrogen-bond acceptors (Lipinski definition) is 3. The Balaban J connectivity index is 2.01. The van der Waals surface area contributed by atoms with Crippen LogP contribution in [-0.4, -0.2) is 6.26 Å². The molecular formula is CH4P2S3. The maximum atomic E-state index is 2.19. The second-order valence-corrected chi connectivity index (χ2v) is 14.9. The number of hydrogen-bond donors (Lipinski definition) is 0. The average Bonchev–Trinajstić information content (AvgIpc) is 1.31. The van der Waals surface area contributed by atoms with Crippen molar-refractivity contribution in [3.8, 4) is 0 Å². The molecule has 0 spiro atoms. The minimum Gasteiger partial charge on any atom is -0.115 e. The minimum absolute atomic E-state index is 0.367. The van der Waals surface area contributed by atoms with E-state index < -0.39 is 0 Å². The Labute approximate surface area is 52.3 Å². The van der Waals surface area contributed by atoms with E-state index >= 15 is 0 Å². The lowest BCUT2D eigenvalue weighted by Gasteiger charge is -2.19. The molecule has 5 heteroatoms. The molecule has 1 fully saturated rings. The highest BCUT2D eigenvalue weighted by Crippen LogP contribution is 2.92. The summed E-state index contributed by atoms with van der Waals surface area (Å²) in [7, 11) is 0. The molecule has 0 atom stereocenters. The fourth-order valence-electron chi connectivity index (χ4n) is 0.142. The fourth-order valence-corrected chi connectivity index (χ4v) is 16.5. The van der Waals surface area contributed by atoms with Gasteiger partial charge in [-0.1, -0.05) is 22.0 Å². The van der Waals surface area contributed by atoms with Crippen molar-refractivity contribution in [3.05, 3.63) is 0 Å². The largest absolute Gasteiger partial charge is 0.115 e. The maximum Gasteiger partial charge on any atom is 0.0824 e. The van der Waals surface area contributed by atoms with Crippen molar-refractivity contribution >= 4 is 45.9 Å². The molecule has 1 rings (SSSR count). The van der Waals surface area contributed by atoms with Crippen LogP contribution in [0.4, 0.5) is 0 Å². The molecule has 0 saturated carbocycles. The molecule has 1 heterocycles. The van der Waals surface area contributed by atoms with E-state index in [9.17, 15) is 0 Å². The van der Waals surface area contributed by atoms with Gasteiger partial charge in [-0.15, -0.1) is 11.4 Å². The summed E-state index contributed by atoms with van der Waals surface area (Å²) in [4.78, 5) is 0. The minimum atomic E-state index is 0.367. The molecule has 0 aromatic heterocycles. The van der Waals surface area contributed by atoms with Crippen molar-refractivity contribution in [1.29, 1.82) is 0 Å². The quantitative estimate of drug-likeness (QED) is 0.558. The van der Waals surface area contributed by atoms with Gasteiger partial charge in [-0.25, -0.2) is 0 Å². The molecule has 0 amide bonds. The van der Waals surface area contributed by atoms with Crippen LogP contribution in [0.15, 0.2) is 0 Å². The van der Waals surface area contributed by atoms with Gasteiger partial charge in [0.25, 0.3) is 0 Å². The molecule has 0 bridgehead atoms. The Kier molecular flexibility index (Phi) is 3.06. The van der Waals surface area contributed by atoms with Crippen molar-refractivity contribution in [2.24, 2.45) is 0 Å².